The largest absolute Gasteiger partial charge is 0.289 e. The maximum Gasteiger partial charge on any atom is 0.193 e. The van der Waals surface area contributed by atoms with Gasteiger partial charge in [0.25, 0.3) is 0 Å². The molecule has 3 heteroatoms. The van der Waals surface area contributed by atoms with Crippen LogP contribution in [0.2, 0.25) is 0 Å². The number of pyridine rings is 1. The Hall–Kier alpha value is -2.03. The van der Waals surface area contributed by atoms with E-state index in [4.69, 9.17) is 0 Å². The van der Waals surface area contributed by atoms with Gasteiger partial charge in [0, 0.05) is 23.5 Å². The van der Waals surface area contributed by atoms with Gasteiger partial charge in [-0.2, -0.15) is 0 Å². The molecule has 1 aromatic heterocycles. The Bertz CT molecular complexity index is 593. The number of halogens is 1. The van der Waals surface area contributed by atoms with E-state index in [-0.39, 0.29) is 11.6 Å². The fourth-order valence-electron chi connectivity index (χ4n) is 1.96. The van der Waals surface area contributed by atoms with Crippen LogP contribution in [-0.4, -0.2) is 10.8 Å². The fourth-order valence-corrected chi connectivity index (χ4v) is 1.96. The number of aryl methyl sites for hydroxylation is 2. The van der Waals surface area contributed by atoms with Gasteiger partial charge in [-0.25, -0.2) is 4.39 Å². The summed E-state index contributed by atoms with van der Waals surface area (Å²) in [5.41, 5.74) is 2.74. The maximum atomic E-state index is 13.0. The van der Waals surface area contributed by atoms with E-state index in [1.54, 1.807) is 25.4 Å². The van der Waals surface area contributed by atoms with Crippen LogP contribution in [0.5, 0.6) is 0 Å². The van der Waals surface area contributed by atoms with Crippen molar-refractivity contribution < 1.29 is 9.18 Å². The maximum absolute atomic E-state index is 13.0. The standard InChI is InChI=1S/C15H14FNO/c1-3-11-9-17-7-6-14(11)15(18)13-5-4-12(16)8-10(13)2/h4-9H,3H2,1-2H3. The number of aromatic nitrogens is 1. The summed E-state index contributed by atoms with van der Waals surface area (Å²) in [4.78, 5) is 16.4. The molecule has 0 unspecified atom stereocenters. The number of carbonyl (C=O) groups excluding carboxylic acids is 1. The van der Waals surface area contributed by atoms with Crippen LogP contribution in [0.15, 0.2) is 36.7 Å². The molecule has 1 aromatic carbocycles. The molecule has 0 spiro atoms. The molecule has 92 valence electrons. The second-order valence-electron chi connectivity index (χ2n) is 4.17. The Morgan fingerprint density at radius 1 is 1.28 bits per heavy atom. The average molecular weight is 243 g/mol. The molecule has 0 aliphatic heterocycles. The molecule has 18 heavy (non-hydrogen) atoms. The molecule has 2 nitrogen and oxygen atoms in total. The summed E-state index contributed by atoms with van der Waals surface area (Å²) in [6.07, 6.45) is 4.05. The predicted octanol–water partition coefficient (Wildman–Crippen LogP) is 3.32. The summed E-state index contributed by atoms with van der Waals surface area (Å²) < 4.78 is 13.0. The van der Waals surface area contributed by atoms with Gasteiger partial charge in [0.1, 0.15) is 5.82 Å². The van der Waals surface area contributed by atoms with Crippen molar-refractivity contribution in [3.05, 3.63) is 64.7 Å². The molecule has 0 amide bonds. The van der Waals surface area contributed by atoms with E-state index < -0.39 is 0 Å². The lowest BCUT2D eigenvalue weighted by molar-refractivity contribution is 0.103. The minimum absolute atomic E-state index is 0.0771. The molecule has 0 bridgehead atoms. The van der Waals surface area contributed by atoms with Crippen molar-refractivity contribution in [3.63, 3.8) is 0 Å². The van der Waals surface area contributed by atoms with Crippen LogP contribution < -0.4 is 0 Å². The first-order valence-electron chi connectivity index (χ1n) is 5.87. The van der Waals surface area contributed by atoms with Crippen LogP contribution in [0.1, 0.15) is 34.0 Å². The molecule has 0 saturated carbocycles. The first-order valence-corrected chi connectivity index (χ1v) is 5.87. The van der Waals surface area contributed by atoms with Gasteiger partial charge in [0.2, 0.25) is 0 Å². The SMILES string of the molecule is CCc1cnccc1C(=O)c1ccc(F)cc1C. The Labute approximate surface area is 105 Å². The third kappa shape index (κ3) is 2.30. The quantitative estimate of drug-likeness (QED) is 0.774. The molecule has 2 rings (SSSR count). The Morgan fingerprint density at radius 2 is 2.06 bits per heavy atom. The van der Waals surface area contributed by atoms with E-state index in [0.29, 0.717) is 16.7 Å². The Balaban J connectivity index is 2.48. The summed E-state index contributed by atoms with van der Waals surface area (Å²) in [5.74, 6) is -0.402. The van der Waals surface area contributed by atoms with Crippen molar-refractivity contribution in [1.29, 1.82) is 0 Å². The molecule has 0 aliphatic carbocycles. The molecule has 0 fully saturated rings. The van der Waals surface area contributed by atoms with Crippen LogP contribution in [0.25, 0.3) is 0 Å². The molecule has 0 atom stereocenters. The first-order chi connectivity index (χ1) is 8.63. The normalized spacial score (nSPS) is 10.4. The van der Waals surface area contributed by atoms with Crippen LogP contribution >= 0.6 is 0 Å². The molecule has 0 N–H and O–H groups in total. The highest BCUT2D eigenvalue weighted by atomic mass is 19.1. The highest BCUT2D eigenvalue weighted by Crippen LogP contribution is 2.18. The molecule has 2 aromatic rings. The van der Waals surface area contributed by atoms with Gasteiger partial charge < -0.3 is 0 Å². The number of hydrogen-bond donors (Lipinski definition) is 0. The second kappa shape index (κ2) is 5.08. The topological polar surface area (TPSA) is 30.0 Å². The van der Waals surface area contributed by atoms with Crippen molar-refractivity contribution in [2.24, 2.45) is 0 Å². The van der Waals surface area contributed by atoms with Gasteiger partial charge in [0.15, 0.2) is 5.78 Å². The number of carbonyl (C=O) groups is 1. The predicted molar refractivity (Wildman–Crippen MR) is 68.2 cm³/mol. The first kappa shape index (κ1) is 12.4. The van der Waals surface area contributed by atoms with Crippen molar-refractivity contribution in [2.75, 3.05) is 0 Å². The van der Waals surface area contributed by atoms with Crippen LogP contribution in [-0.2, 0) is 6.42 Å². The third-order valence-electron chi connectivity index (χ3n) is 2.96. The Kier molecular flexibility index (Phi) is 3.51. The summed E-state index contributed by atoms with van der Waals surface area (Å²) in [5, 5.41) is 0. The zero-order chi connectivity index (χ0) is 13.1. The molecule has 0 saturated heterocycles. The number of hydrogen-bond acceptors (Lipinski definition) is 2. The molecular formula is C15H14FNO. The number of benzene rings is 1. The van der Waals surface area contributed by atoms with Gasteiger partial charge in [-0.05, 0) is 48.7 Å². The van der Waals surface area contributed by atoms with Crippen molar-refractivity contribution in [2.45, 2.75) is 20.3 Å². The lowest BCUT2D eigenvalue weighted by atomic mass is 9.96. The lowest BCUT2D eigenvalue weighted by Crippen LogP contribution is -2.07. The summed E-state index contributed by atoms with van der Waals surface area (Å²) in [6.45, 7) is 3.72. The Morgan fingerprint density at radius 3 is 2.72 bits per heavy atom. The van der Waals surface area contributed by atoms with Crippen LogP contribution in [0.4, 0.5) is 4.39 Å². The number of ketones is 1. The zero-order valence-electron chi connectivity index (χ0n) is 10.4. The highest BCUT2D eigenvalue weighted by molar-refractivity contribution is 6.10. The van der Waals surface area contributed by atoms with E-state index in [1.165, 1.54) is 18.2 Å². The molecule has 0 radical (unpaired) electrons. The fraction of sp³-hybridized carbons (Fsp3) is 0.200. The van der Waals surface area contributed by atoms with Crippen LogP contribution in [0, 0.1) is 12.7 Å². The van der Waals surface area contributed by atoms with Crippen LogP contribution in [0.3, 0.4) is 0 Å². The lowest BCUT2D eigenvalue weighted by Gasteiger charge is -2.08. The average Bonchev–Trinajstić information content (AvgIpc) is 2.38. The summed E-state index contributed by atoms with van der Waals surface area (Å²) >= 11 is 0. The number of nitrogens with zero attached hydrogens (tertiary/aromatic N) is 1. The molecular weight excluding hydrogens is 229 g/mol. The van der Waals surface area contributed by atoms with Crippen molar-refractivity contribution >= 4 is 5.78 Å². The van der Waals surface area contributed by atoms with E-state index in [2.05, 4.69) is 4.98 Å². The summed E-state index contributed by atoms with van der Waals surface area (Å²) in [6, 6.07) is 5.93. The van der Waals surface area contributed by atoms with E-state index >= 15 is 0 Å². The van der Waals surface area contributed by atoms with Crippen molar-refractivity contribution in [1.82, 2.24) is 4.98 Å². The van der Waals surface area contributed by atoms with Gasteiger partial charge >= 0.3 is 0 Å². The van der Waals surface area contributed by atoms with E-state index in [1.807, 2.05) is 6.92 Å². The highest BCUT2D eigenvalue weighted by Gasteiger charge is 2.15. The van der Waals surface area contributed by atoms with E-state index in [9.17, 15) is 9.18 Å². The van der Waals surface area contributed by atoms with Gasteiger partial charge in [-0.15, -0.1) is 0 Å². The monoisotopic (exact) mass is 243 g/mol. The van der Waals surface area contributed by atoms with E-state index in [0.717, 1.165) is 12.0 Å². The van der Waals surface area contributed by atoms with Crippen molar-refractivity contribution in [3.8, 4) is 0 Å². The number of rotatable bonds is 3. The second-order valence-corrected chi connectivity index (χ2v) is 4.17. The summed E-state index contributed by atoms with van der Waals surface area (Å²) in [7, 11) is 0. The smallest absolute Gasteiger partial charge is 0.193 e. The third-order valence-corrected chi connectivity index (χ3v) is 2.96. The minimum Gasteiger partial charge on any atom is -0.289 e. The van der Waals surface area contributed by atoms with Gasteiger partial charge in [0.05, 0.1) is 0 Å². The minimum atomic E-state index is -0.325. The zero-order valence-corrected chi connectivity index (χ0v) is 10.4. The van der Waals surface area contributed by atoms with Gasteiger partial charge in [-0.1, -0.05) is 6.92 Å². The van der Waals surface area contributed by atoms with Gasteiger partial charge in [-0.3, -0.25) is 9.78 Å². The molecule has 0 aliphatic rings. The molecule has 1 heterocycles.